The second-order valence-electron chi connectivity index (χ2n) is 5.92. The third kappa shape index (κ3) is 8.46. The number of hydrogen-bond acceptors (Lipinski definition) is 4. The van der Waals surface area contributed by atoms with Gasteiger partial charge in [-0.15, -0.1) is 0 Å². The van der Waals surface area contributed by atoms with Crippen LogP contribution in [0.3, 0.4) is 0 Å². The van der Waals surface area contributed by atoms with Crippen LogP contribution in [0.5, 0.6) is 0 Å². The highest BCUT2D eigenvalue weighted by molar-refractivity contribution is 8.13. The molecule has 4 nitrogen and oxygen atoms in total. The molecule has 0 heterocycles. The third-order valence-corrected chi connectivity index (χ3v) is 3.75. The summed E-state index contributed by atoms with van der Waals surface area (Å²) in [7, 11) is 0. The summed E-state index contributed by atoms with van der Waals surface area (Å²) in [6.07, 6.45) is 0. The molecule has 118 valence electrons. The lowest BCUT2D eigenvalue weighted by Crippen LogP contribution is -2.35. The molecule has 0 fully saturated rings. The van der Waals surface area contributed by atoms with Crippen molar-refractivity contribution in [3.8, 4) is 0 Å². The molecule has 0 saturated carbocycles. The molecule has 0 saturated heterocycles. The van der Waals surface area contributed by atoms with E-state index in [9.17, 15) is 9.59 Å². The van der Waals surface area contributed by atoms with Crippen molar-refractivity contribution >= 4 is 23.0 Å². The van der Waals surface area contributed by atoms with Gasteiger partial charge < -0.3 is 9.64 Å². The van der Waals surface area contributed by atoms with E-state index in [1.807, 2.05) is 4.90 Å². The lowest BCUT2D eigenvalue weighted by molar-refractivity contribution is -0.146. The molecule has 0 aromatic carbocycles. The fraction of sp³-hybridized carbons (Fsp3) is 0.867. The monoisotopic (exact) mass is 303 g/mol. The Kier molecular flexibility index (Phi) is 9.72. The van der Waals surface area contributed by atoms with Crippen LogP contribution in [0.25, 0.3) is 0 Å². The van der Waals surface area contributed by atoms with Crippen molar-refractivity contribution < 1.29 is 14.3 Å². The zero-order valence-corrected chi connectivity index (χ0v) is 14.5. The highest BCUT2D eigenvalue weighted by atomic mass is 32.2. The summed E-state index contributed by atoms with van der Waals surface area (Å²) in [5.74, 6) is 0.891. The van der Waals surface area contributed by atoms with E-state index in [2.05, 4.69) is 27.7 Å². The molecular weight excluding hydrogens is 274 g/mol. The number of hydrogen-bond donors (Lipinski definition) is 0. The number of nitrogens with zero attached hydrogens (tertiary/aromatic N) is 1. The van der Waals surface area contributed by atoms with Crippen LogP contribution >= 0.6 is 11.8 Å². The lowest BCUT2D eigenvalue weighted by atomic mass is 10.1. The van der Waals surface area contributed by atoms with E-state index in [1.54, 1.807) is 13.8 Å². The van der Waals surface area contributed by atoms with Gasteiger partial charge in [-0.25, -0.2) is 0 Å². The van der Waals surface area contributed by atoms with E-state index >= 15 is 0 Å². The Morgan fingerprint density at radius 3 is 1.95 bits per heavy atom. The normalized spacial score (nSPS) is 12.6. The summed E-state index contributed by atoms with van der Waals surface area (Å²) in [4.78, 5) is 25.6. The van der Waals surface area contributed by atoms with Gasteiger partial charge >= 0.3 is 5.97 Å². The van der Waals surface area contributed by atoms with Crippen molar-refractivity contribution in [1.29, 1.82) is 0 Å². The first kappa shape index (κ1) is 19.3. The van der Waals surface area contributed by atoms with Gasteiger partial charge in [0.05, 0.1) is 12.5 Å². The van der Waals surface area contributed by atoms with Crippen molar-refractivity contribution in [2.75, 3.05) is 25.4 Å². The minimum atomic E-state index is -0.246. The zero-order valence-electron chi connectivity index (χ0n) is 13.6. The van der Waals surface area contributed by atoms with Crippen LogP contribution in [0.15, 0.2) is 0 Å². The number of carbonyl (C=O) groups excluding carboxylic acids is 2. The van der Waals surface area contributed by atoms with Crippen LogP contribution < -0.4 is 0 Å². The highest BCUT2D eigenvalue weighted by Gasteiger charge is 2.20. The van der Waals surface area contributed by atoms with Gasteiger partial charge in [-0.05, 0) is 18.8 Å². The smallest absolute Gasteiger partial charge is 0.309 e. The van der Waals surface area contributed by atoms with Crippen molar-refractivity contribution in [1.82, 2.24) is 4.90 Å². The molecule has 1 unspecified atom stereocenters. The fourth-order valence-electron chi connectivity index (χ4n) is 1.75. The maximum atomic E-state index is 12.2. The van der Waals surface area contributed by atoms with Gasteiger partial charge in [-0.3, -0.25) is 9.59 Å². The number of carbonyl (C=O) groups is 2. The molecule has 0 aromatic rings. The number of thioether (sulfide) groups is 1. The average molecular weight is 303 g/mol. The molecule has 5 heteroatoms. The van der Waals surface area contributed by atoms with Gasteiger partial charge in [-0.2, -0.15) is 0 Å². The number of amides is 1. The Balaban J connectivity index is 4.34. The van der Waals surface area contributed by atoms with Gasteiger partial charge in [0.2, 0.25) is 0 Å². The predicted molar refractivity (Wildman–Crippen MR) is 84.9 cm³/mol. The Bertz CT molecular complexity index is 295. The average Bonchev–Trinajstić information content (AvgIpc) is 2.33. The number of ether oxygens (including phenoxy) is 1. The summed E-state index contributed by atoms with van der Waals surface area (Å²) < 4.78 is 4.95. The van der Waals surface area contributed by atoms with Gasteiger partial charge in [0, 0.05) is 18.8 Å². The van der Waals surface area contributed by atoms with Crippen LogP contribution in [0.2, 0.25) is 0 Å². The Morgan fingerprint density at radius 1 is 1.05 bits per heavy atom. The molecule has 0 aromatic heterocycles. The summed E-state index contributed by atoms with van der Waals surface area (Å²) in [5.41, 5.74) is 0. The second kappa shape index (κ2) is 10.1. The number of esters is 1. The van der Waals surface area contributed by atoms with E-state index in [-0.39, 0.29) is 17.1 Å². The second-order valence-corrected chi connectivity index (χ2v) is 6.89. The van der Waals surface area contributed by atoms with Crippen LogP contribution in [0.1, 0.15) is 41.5 Å². The molecule has 0 aliphatic carbocycles. The van der Waals surface area contributed by atoms with Crippen LogP contribution in [-0.2, 0) is 9.53 Å². The first-order chi connectivity index (χ1) is 9.27. The molecule has 0 aliphatic heterocycles. The highest BCUT2D eigenvalue weighted by Crippen LogP contribution is 2.17. The zero-order chi connectivity index (χ0) is 15.7. The maximum Gasteiger partial charge on any atom is 0.309 e. The number of rotatable bonds is 8. The standard InChI is InChI=1S/C15H29NO3S/c1-7-19-14(17)13(6)10-20-15(18)16(8-11(2)3)9-12(4)5/h11-13H,7-10H2,1-6H3. The predicted octanol–water partition coefficient (Wildman–Crippen LogP) is 3.65. The lowest BCUT2D eigenvalue weighted by Gasteiger charge is -2.26. The molecule has 20 heavy (non-hydrogen) atoms. The maximum absolute atomic E-state index is 12.2. The Labute approximate surface area is 127 Å². The summed E-state index contributed by atoms with van der Waals surface area (Å²) in [6, 6.07) is 0. The third-order valence-electron chi connectivity index (χ3n) is 2.58. The summed E-state index contributed by atoms with van der Waals surface area (Å²) in [6.45, 7) is 13.9. The summed E-state index contributed by atoms with van der Waals surface area (Å²) >= 11 is 1.22. The fourth-order valence-corrected chi connectivity index (χ4v) is 2.61. The Morgan fingerprint density at radius 2 is 1.55 bits per heavy atom. The molecular formula is C15H29NO3S. The van der Waals surface area contributed by atoms with E-state index in [0.29, 0.717) is 24.2 Å². The molecule has 1 atom stereocenters. The van der Waals surface area contributed by atoms with Crippen molar-refractivity contribution in [3.63, 3.8) is 0 Å². The first-order valence-electron chi connectivity index (χ1n) is 7.36. The van der Waals surface area contributed by atoms with Crippen LogP contribution in [0.4, 0.5) is 4.79 Å². The molecule has 0 rings (SSSR count). The topological polar surface area (TPSA) is 46.6 Å². The van der Waals surface area contributed by atoms with E-state index in [1.165, 1.54) is 11.8 Å². The van der Waals surface area contributed by atoms with E-state index < -0.39 is 0 Å². The molecule has 0 aliphatic rings. The van der Waals surface area contributed by atoms with Gasteiger partial charge in [0.1, 0.15) is 0 Å². The minimum absolute atomic E-state index is 0.0588. The molecule has 0 N–H and O–H groups in total. The quantitative estimate of drug-likeness (QED) is 0.642. The van der Waals surface area contributed by atoms with Gasteiger partial charge in [0.15, 0.2) is 0 Å². The van der Waals surface area contributed by atoms with Crippen molar-refractivity contribution in [3.05, 3.63) is 0 Å². The van der Waals surface area contributed by atoms with Crippen LogP contribution in [-0.4, -0.2) is 41.6 Å². The minimum Gasteiger partial charge on any atom is -0.466 e. The largest absolute Gasteiger partial charge is 0.466 e. The van der Waals surface area contributed by atoms with E-state index in [4.69, 9.17) is 4.74 Å². The van der Waals surface area contributed by atoms with Gasteiger partial charge in [-0.1, -0.05) is 46.4 Å². The first-order valence-corrected chi connectivity index (χ1v) is 8.34. The van der Waals surface area contributed by atoms with Crippen molar-refractivity contribution in [2.24, 2.45) is 17.8 Å². The molecule has 0 spiro atoms. The van der Waals surface area contributed by atoms with Gasteiger partial charge in [0.25, 0.3) is 5.24 Å². The van der Waals surface area contributed by atoms with E-state index in [0.717, 1.165) is 13.1 Å². The molecule has 1 amide bonds. The SMILES string of the molecule is CCOC(=O)C(C)CSC(=O)N(CC(C)C)CC(C)C. The Hall–Kier alpha value is -0.710. The molecule has 0 bridgehead atoms. The van der Waals surface area contributed by atoms with Crippen LogP contribution in [0, 0.1) is 17.8 Å². The summed E-state index contributed by atoms with van der Waals surface area (Å²) in [5, 5.41) is 0.0588. The van der Waals surface area contributed by atoms with Crippen molar-refractivity contribution in [2.45, 2.75) is 41.5 Å². The molecule has 0 radical (unpaired) electrons.